The maximum absolute atomic E-state index is 5.31. The van der Waals surface area contributed by atoms with Crippen molar-refractivity contribution in [2.45, 2.75) is 0 Å². The molecule has 1 N–H and O–H groups in total. The smallest absolute Gasteiger partial charge is 0.233 e. The monoisotopic (exact) mass is 261 g/mol. The first-order chi connectivity index (χ1) is 9.31. The average Bonchev–Trinajstić information content (AvgIpc) is 2.85. The number of aryl methyl sites for hydroxylation is 1. The summed E-state index contributed by atoms with van der Waals surface area (Å²) in [5.74, 6) is 1.87. The van der Waals surface area contributed by atoms with Gasteiger partial charge in [-0.3, -0.25) is 0 Å². The van der Waals surface area contributed by atoms with Gasteiger partial charge in [0.1, 0.15) is 6.33 Å². The molecule has 8 heteroatoms. The topological polar surface area (TPSA) is 81.0 Å². The Morgan fingerprint density at radius 1 is 1.21 bits per heavy atom. The summed E-state index contributed by atoms with van der Waals surface area (Å²) >= 11 is 0. The molecule has 2 aromatic rings. The lowest BCUT2D eigenvalue weighted by Crippen LogP contribution is -2.37. The molecule has 0 unspecified atom stereocenters. The lowest BCUT2D eigenvalue weighted by atomic mass is 10.4. The van der Waals surface area contributed by atoms with Crippen LogP contribution in [0.5, 0.6) is 0 Å². The molecule has 0 aliphatic carbocycles. The minimum atomic E-state index is 0.496. The average molecular weight is 261 g/mol. The number of nitrogens with zero attached hydrogens (tertiary/aromatic N) is 6. The van der Waals surface area contributed by atoms with Crippen LogP contribution in [0.2, 0.25) is 0 Å². The van der Waals surface area contributed by atoms with Crippen LogP contribution in [0.3, 0.4) is 0 Å². The number of ether oxygens (including phenoxy) is 1. The van der Waals surface area contributed by atoms with Crippen molar-refractivity contribution >= 4 is 17.7 Å². The number of anilines is 3. The van der Waals surface area contributed by atoms with Gasteiger partial charge in [0.25, 0.3) is 0 Å². The van der Waals surface area contributed by atoms with Gasteiger partial charge in [0.2, 0.25) is 11.9 Å². The Bertz CT molecular complexity index is 549. The van der Waals surface area contributed by atoms with Gasteiger partial charge in [0.05, 0.1) is 19.5 Å². The van der Waals surface area contributed by atoms with Crippen molar-refractivity contribution in [2.75, 3.05) is 36.5 Å². The van der Waals surface area contributed by atoms with Crippen LogP contribution in [0, 0.1) is 0 Å². The van der Waals surface area contributed by atoms with Crippen LogP contribution in [0.15, 0.2) is 18.9 Å². The third-order valence-electron chi connectivity index (χ3n) is 2.80. The molecule has 1 aliphatic rings. The molecule has 0 aromatic carbocycles. The summed E-state index contributed by atoms with van der Waals surface area (Å²) in [5, 5.41) is 3.05. The Kier molecular flexibility index (Phi) is 3.23. The van der Waals surface area contributed by atoms with E-state index in [0.717, 1.165) is 13.1 Å². The maximum atomic E-state index is 5.31. The summed E-state index contributed by atoms with van der Waals surface area (Å²) in [5.41, 5.74) is 0. The molecule has 0 radical (unpaired) electrons. The van der Waals surface area contributed by atoms with Crippen molar-refractivity contribution < 1.29 is 4.74 Å². The first kappa shape index (κ1) is 11.8. The van der Waals surface area contributed by atoms with Gasteiger partial charge in [-0.25, -0.2) is 15.0 Å². The van der Waals surface area contributed by atoms with Crippen LogP contribution in [0.25, 0.3) is 0 Å². The fourth-order valence-corrected chi connectivity index (χ4v) is 1.86. The summed E-state index contributed by atoms with van der Waals surface area (Å²) < 4.78 is 7.16. The van der Waals surface area contributed by atoms with E-state index in [4.69, 9.17) is 4.74 Å². The lowest BCUT2D eigenvalue weighted by molar-refractivity contribution is 0.122. The summed E-state index contributed by atoms with van der Waals surface area (Å²) in [6.07, 6.45) is 5.08. The van der Waals surface area contributed by atoms with Crippen molar-refractivity contribution in [3.05, 3.63) is 18.9 Å². The van der Waals surface area contributed by atoms with E-state index in [1.165, 1.54) is 6.33 Å². The first-order valence-electron chi connectivity index (χ1n) is 6.08. The van der Waals surface area contributed by atoms with Crippen molar-refractivity contribution in [1.29, 1.82) is 0 Å². The number of hydrogen-bond donors (Lipinski definition) is 1. The Hall–Kier alpha value is -2.22. The molecule has 0 amide bonds. The van der Waals surface area contributed by atoms with E-state index in [9.17, 15) is 0 Å². The summed E-state index contributed by atoms with van der Waals surface area (Å²) in [7, 11) is 1.91. The third kappa shape index (κ3) is 2.79. The quantitative estimate of drug-likeness (QED) is 0.844. The summed E-state index contributed by atoms with van der Waals surface area (Å²) in [6.45, 7) is 3.00. The zero-order valence-electron chi connectivity index (χ0n) is 10.7. The molecule has 0 saturated carbocycles. The summed E-state index contributed by atoms with van der Waals surface area (Å²) in [4.78, 5) is 18.9. The molecular formula is C11H15N7O. The molecule has 100 valence electrons. The molecule has 3 rings (SSSR count). The number of nitrogens with one attached hydrogen (secondary N) is 1. The standard InChI is InChI=1S/C11H15N7O/c1-17-6-9(14-8-17)15-10-12-7-13-11(16-10)18-2-4-19-5-3-18/h6-8H,2-5H2,1H3,(H,12,13,15,16). The van der Waals surface area contributed by atoms with Crippen LogP contribution in [-0.2, 0) is 11.8 Å². The number of aromatic nitrogens is 5. The van der Waals surface area contributed by atoms with Gasteiger partial charge in [-0.05, 0) is 0 Å². The molecule has 19 heavy (non-hydrogen) atoms. The fraction of sp³-hybridized carbons (Fsp3) is 0.455. The molecule has 0 spiro atoms. The maximum Gasteiger partial charge on any atom is 0.233 e. The van der Waals surface area contributed by atoms with E-state index < -0.39 is 0 Å². The zero-order valence-corrected chi connectivity index (χ0v) is 10.7. The Morgan fingerprint density at radius 3 is 2.79 bits per heavy atom. The van der Waals surface area contributed by atoms with E-state index in [2.05, 4.69) is 30.2 Å². The molecule has 2 aromatic heterocycles. The minimum absolute atomic E-state index is 0.496. The predicted octanol–water partition coefficient (Wildman–Crippen LogP) is 0.185. The molecule has 8 nitrogen and oxygen atoms in total. The second-order valence-electron chi connectivity index (χ2n) is 4.26. The van der Waals surface area contributed by atoms with Crippen LogP contribution >= 0.6 is 0 Å². The Labute approximate surface area is 110 Å². The lowest BCUT2D eigenvalue weighted by Gasteiger charge is -2.26. The van der Waals surface area contributed by atoms with E-state index in [1.54, 1.807) is 6.33 Å². The third-order valence-corrected chi connectivity index (χ3v) is 2.80. The minimum Gasteiger partial charge on any atom is -0.378 e. The van der Waals surface area contributed by atoms with Crippen molar-refractivity contribution in [3.63, 3.8) is 0 Å². The molecule has 1 saturated heterocycles. The van der Waals surface area contributed by atoms with Gasteiger partial charge in [-0.1, -0.05) is 0 Å². The van der Waals surface area contributed by atoms with Crippen LogP contribution in [-0.4, -0.2) is 50.8 Å². The van der Waals surface area contributed by atoms with Gasteiger partial charge < -0.3 is 19.5 Å². The van der Waals surface area contributed by atoms with Gasteiger partial charge in [-0.2, -0.15) is 4.98 Å². The first-order valence-corrected chi connectivity index (χ1v) is 6.08. The van der Waals surface area contributed by atoms with Crippen molar-refractivity contribution in [2.24, 2.45) is 7.05 Å². The highest BCUT2D eigenvalue weighted by Crippen LogP contribution is 2.13. The number of hydrogen-bond acceptors (Lipinski definition) is 7. The zero-order chi connectivity index (χ0) is 13.1. The second kappa shape index (κ2) is 5.19. The highest BCUT2D eigenvalue weighted by molar-refractivity contribution is 5.47. The van der Waals surface area contributed by atoms with Crippen LogP contribution in [0.1, 0.15) is 0 Å². The van der Waals surface area contributed by atoms with E-state index in [1.807, 2.05) is 17.8 Å². The molecular weight excluding hydrogens is 246 g/mol. The molecule has 0 atom stereocenters. The number of imidazole rings is 1. The van der Waals surface area contributed by atoms with Gasteiger partial charge in [-0.15, -0.1) is 0 Å². The molecule has 1 aliphatic heterocycles. The van der Waals surface area contributed by atoms with Gasteiger partial charge >= 0.3 is 0 Å². The number of morpholine rings is 1. The number of rotatable bonds is 3. The largest absolute Gasteiger partial charge is 0.378 e. The van der Waals surface area contributed by atoms with Gasteiger partial charge in [0.15, 0.2) is 5.82 Å². The SMILES string of the molecule is Cn1cnc(Nc2ncnc(N3CCOCC3)n2)c1. The summed E-state index contributed by atoms with van der Waals surface area (Å²) in [6, 6.07) is 0. The van der Waals surface area contributed by atoms with E-state index in [-0.39, 0.29) is 0 Å². The Balaban J connectivity index is 1.75. The van der Waals surface area contributed by atoms with Crippen LogP contribution < -0.4 is 10.2 Å². The highest BCUT2D eigenvalue weighted by atomic mass is 16.5. The van der Waals surface area contributed by atoms with E-state index in [0.29, 0.717) is 30.9 Å². The van der Waals surface area contributed by atoms with Crippen molar-refractivity contribution in [1.82, 2.24) is 24.5 Å². The normalized spacial score (nSPS) is 15.5. The molecule has 0 bridgehead atoms. The van der Waals surface area contributed by atoms with Crippen molar-refractivity contribution in [3.8, 4) is 0 Å². The predicted molar refractivity (Wildman–Crippen MR) is 69.3 cm³/mol. The van der Waals surface area contributed by atoms with Crippen LogP contribution in [0.4, 0.5) is 17.7 Å². The van der Waals surface area contributed by atoms with E-state index >= 15 is 0 Å². The fourth-order valence-electron chi connectivity index (χ4n) is 1.86. The molecule has 3 heterocycles. The van der Waals surface area contributed by atoms with Gasteiger partial charge in [0, 0.05) is 26.3 Å². The Morgan fingerprint density at radius 2 is 2.05 bits per heavy atom. The second-order valence-corrected chi connectivity index (χ2v) is 4.26. The highest BCUT2D eigenvalue weighted by Gasteiger charge is 2.14. The molecule has 1 fully saturated rings.